The molecule has 0 atom stereocenters. The van der Waals surface area contributed by atoms with E-state index in [1.807, 2.05) is 43.3 Å². The summed E-state index contributed by atoms with van der Waals surface area (Å²) in [6, 6.07) is 16.5. The number of oxazole rings is 1. The van der Waals surface area contributed by atoms with Crippen LogP contribution in [0.15, 0.2) is 52.9 Å². The number of hydrogen-bond acceptors (Lipinski definition) is 3. The van der Waals surface area contributed by atoms with Crippen molar-refractivity contribution in [3.63, 3.8) is 0 Å². The molecule has 4 rings (SSSR count). The minimum Gasteiger partial charge on any atom is -0.423 e. The molecule has 98 valence electrons. The highest BCUT2D eigenvalue weighted by Gasteiger charge is 2.06. The Morgan fingerprint density at radius 1 is 1.10 bits per heavy atom. The SMILES string of the molecule is Cc1cc2cc(Nc3nc4ccccc4o3)ccc2[nH]1. The van der Waals surface area contributed by atoms with Crippen molar-refractivity contribution in [2.24, 2.45) is 0 Å². The molecule has 4 aromatic rings. The van der Waals surface area contributed by atoms with Crippen molar-refractivity contribution < 1.29 is 4.42 Å². The molecule has 0 amide bonds. The molecular weight excluding hydrogens is 250 g/mol. The van der Waals surface area contributed by atoms with Gasteiger partial charge in [-0.05, 0) is 43.3 Å². The average Bonchev–Trinajstić information content (AvgIpc) is 2.99. The Kier molecular flexibility index (Phi) is 2.29. The van der Waals surface area contributed by atoms with E-state index in [2.05, 4.69) is 27.4 Å². The summed E-state index contributed by atoms with van der Waals surface area (Å²) >= 11 is 0. The molecule has 0 fully saturated rings. The maximum Gasteiger partial charge on any atom is 0.300 e. The number of aryl methyl sites for hydroxylation is 1. The van der Waals surface area contributed by atoms with Gasteiger partial charge in [0, 0.05) is 22.3 Å². The molecule has 0 bridgehead atoms. The number of nitrogens with one attached hydrogen (secondary N) is 2. The number of fused-ring (bicyclic) bond motifs is 2. The van der Waals surface area contributed by atoms with Gasteiger partial charge in [0.05, 0.1) is 0 Å². The number of H-pyrrole nitrogens is 1. The van der Waals surface area contributed by atoms with E-state index in [4.69, 9.17) is 4.42 Å². The highest BCUT2D eigenvalue weighted by molar-refractivity contribution is 5.85. The number of hydrogen-bond donors (Lipinski definition) is 2. The van der Waals surface area contributed by atoms with E-state index in [1.165, 1.54) is 5.39 Å². The molecule has 2 aromatic carbocycles. The second-order valence-electron chi connectivity index (χ2n) is 4.87. The minimum atomic E-state index is 0.512. The fourth-order valence-corrected chi connectivity index (χ4v) is 2.40. The van der Waals surface area contributed by atoms with Crippen molar-refractivity contribution in [3.8, 4) is 0 Å². The van der Waals surface area contributed by atoms with Gasteiger partial charge in [-0.15, -0.1) is 0 Å². The van der Waals surface area contributed by atoms with Crippen LogP contribution in [0.25, 0.3) is 22.0 Å². The summed E-state index contributed by atoms with van der Waals surface area (Å²) in [5.41, 5.74) is 4.88. The molecule has 2 aromatic heterocycles. The lowest BCUT2D eigenvalue weighted by molar-refractivity contribution is 0.623. The summed E-state index contributed by atoms with van der Waals surface area (Å²) in [6.07, 6.45) is 0. The van der Waals surface area contributed by atoms with Gasteiger partial charge in [-0.3, -0.25) is 0 Å². The van der Waals surface area contributed by atoms with Crippen molar-refractivity contribution in [2.45, 2.75) is 6.92 Å². The average molecular weight is 263 g/mol. The van der Waals surface area contributed by atoms with Crippen molar-refractivity contribution >= 4 is 33.7 Å². The Labute approximate surface area is 115 Å². The third-order valence-electron chi connectivity index (χ3n) is 3.30. The van der Waals surface area contributed by atoms with Gasteiger partial charge in [0.1, 0.15) is 5.52 Å². The smallest absolute Gasteiger partial charge is 0.300 e. The summed E-state index contributed by atoms with van der Waals surface area (Å²) in [6.45, 7) is 2.05. The van der Waals surface area contributed by atoms with Crippen LogP contribution < -0.4 is 5.32 Å². The van der Waals surface area contributed by atoms with Crippen LogP contribution in [0, 0.1) is 6.92 Å². The summed E-state index contributed by atoms with van der Waals surface area (Å²) in [7, 11) is 0. The highest BCUT2D eigenvalue weighted by atomic mass is 16.4. The molecule has 0 unspecified atom stereocenters. The standard InChI is InChI=1S/C16H13N3O/c1-10-8-11-9-12(6-7-13(11)17-10)18-16-19-14-4-2-3-5-15(14)20-16/h2-9,17H,1H3,(H,18,19). The lowest BCUT2D eigenvalue weighted by atomic mass is 10.2. The van der Waals surface area contributed by atoms with Crippen molar-refractivity contribution in [2.75, 3.05) is 5.32 Å². The van der Waals surface area contributed by atoms with Gasteiger partial charge in [0.2, 0.25) is 0 Å². The molecule has 0 aliphatic carbocycles. The fourth-order valence-electron chi connectivity index (χ4n) is 2.40. The van der Waals surface area contributed by atoms with Gasteiger partial charge in [-0.2, -0.15) is 4.98 Å². The third kappa shape index (κ3) is 1.82. The summed E-state index contributed by atoms with van der Waals surface area (Å²) in [5.74, 6) is 0. The number of benzene rings is 2. The zero-order chi connectivity index (χ0) is 13.5. The van der Waals surface area contributed by atoms with E-state index < -0.39 is 0 Å². The van der Waals surface area contributed by atoms with Gasteiger partial charge < -0.3 is 14.7 Å². The monoisotopic (exact) mass is 263 g/mol. The van der Waals surface area contributed by atoms with Crippen LogP contribution in [-0.2, 0) is 0 Å². The second-order valence-corrected chi connectivity index (χ2v) is 4.87. The maximum atomic E-state index is 5.66. The number of rotatable bonds is 2. The Morgan fingerprint density at radius 2 is 2.00 bits per heavy atom. The van der Waals surface area contributed by atoms with Crippen LogP contribution in [0.5, 0.6) is 0 Å². The van der Waals surface area contributed by atoms with E-state index in [-0.39, 0.29) is 0 Å². The van der Waals surface area contributed by atoms with Gasteiger partial charge in [-0.1, -0.05) is 12.1 Å². The normalized spacial score (nSPS) is 11.2. The first-order valence-corrected chi connectivity index (χ1v) is 6.50. The highest BCUT2D eigenvalue weighted by Crippen LogP contribution is 2.24. The zero-order valence-corrected chi connectivity index (χ0v) is 11.0. The van der Waals surface area contributed by atoms with Gasteiger partial charge in [0.25, 0.3) is 6.01 Å². The molecule has 0 radical (unpaired) electrons. The molecule has 20 heavy (non-hydrogen) atoms. The van der Waals surface area contributed by atoms with Gasteiger partial charge in [-0.25, -0.2) is 0 Å². The number of anilines is 2. The van der Waals surface area contributed by atoms with Crippen LogP contribution in [0.2, 0.25) is 0 Å². The summed E-state index contributed by atoms with van der Waals surface area (Å²) in [5, 5.41) is 4.37. The van der Waals surface area contributed by atoms with Crippen molar-refractivity contribution in [3.05, 3.63) is 54.2 Å². The fraction of sp³-hybridized carbons (Fsp3) is 0.0625. The van der Waals surface area contributed by atoms with E-state index in [9.17, 15) is 0 Å². The molecule has 4 heteroatoms. The van der Waals surface area contributed by atoms with Crippen LogP contribution in [0.4, 0.5) is 11.7 Å². The molecule has 2 N–H and O–H groups in total. The Hall–Kier alpha value is -2.75. The molecule has 0 aliphatic heterocycles. The third-order valence-corrected chi connectivity index (χ3v) is 3.30. The van der Waals surface area contributed by atoms with E-state index in [0.717, 1.165) is 28.0 Å². The van der Waals surface area contributed by atoms with E-state index in [0.29, 0.717) is 6.01 Å². The quantitative estimate of drug-likeness (QED) is 0.565. The second kappa shape index (κ2) is 4.13. The van der Waals surface area contributed by atoms with Gasteiger partial charge >= 0.3 is 0 Å². The lowest BCUT2D eigenvalue weighted by Crippen LogP contribution is -1.89. The van der Waals surface area contributed by atoms with Crippen LogP contribution in [0.1, 0.15) is 5.69 Å². The topological polar surface area (TPSA) is 53.9 Å². The van der Waals surface area contributed by atoms with Crippen molar-refractivity contribution in [1.82, 2.24) is 9.97 Å². The maximum absolute atomic E-state index is 5.66. The summed E-state index contributed by atoms with van der Waals surface area (Å²) in [4.78, 5) is 7.71. The minimum absolute atomic E-state index is 0.512. The molecule has 0 aliphatic rings. The molecule has 0 saturated carbocycles. The van der Waals surface area contributed by atoms with E-state index >= 15 is 0 Å². The zero-order valence-electron chi connectivity index (χ0n) is 11.0. The van der Waals surface area contributed by atoms with Gasteiger partial charge in [0.15, 0.2) is 5.58 Å². The largest absolute Gasteiger partial charge is 0.423 e. The molecule has 0 saturated heterocycles. The number of aromatic nitrogens is 2. The number of aromatic amines is 1. The first kappa shape index (κ1) is 11.1. The molecule has 2 heterocycles. The predicted molar refractivity (Wildman–Crippen MR) is 80.3 cm³/mol. The van der Waals surface area contributed by atoms with Crippen LogP contribution in [0.3, 0.4) is 0 Å². The summed E-state index contributed by atoms with van der Waals surface area (Å²) < 4.78 is 5.66. The Balaban J connectivity index is 1.72. The molecule has 0 spiro atoms. The number of para-hydroxylation sites is 2. The Bertz CT molecular complexity index is 871. The van der Waals surface area contributed by atoms with Crippen LogP contribution in [-0.4, -0.2) is 9.97 Å². The first-order valence-electron chi connectivity index (χ1n) is 6.50. The van der Waals surface area contributed by atoms with Crippen molar-refractivity contribution in [1.29, 1.82) is 0 Å². The lowest BCUT2D eigenvalue weighted by Gasteiger charge is -2.01. The Morgan fingerprint density at radius 3 is 2.90 bits per heavy atom. The molecular formula is C16H13N3O. The van der Waals surface area contributed by atoms with Crippen LogP contribution >= 0.6 is 0 Å². The van der Waals surface area contributed by atoms with E-state index in [1.54, 1.807) is 0 Å². The number of nitrogens with zero attached hydrogens (tertiary/aromatic N) is 1. The predicted octanol–water partition coefficient (Wildman–Crippen LogP) is 4.36. The molecule has 4 nitrogen and oxygen atoms in total. The first-order chi connectivity index (χ1) is 9.78.